The summed E-state index contributed by atoms with van der Waals surface area (Å²) >= 11 is 0. The quantitative estimate of drug-likeness (QED) is 0.514. The molecule has 0 aliphatic heterocycles. The van der Waals surface area contributed by atoms with Gasteiger partial charge in [-0.25, -0.2) is 0 Å². The molecule has 0 atom stereocenters. The summed E-state index contributed by atoms with van der Waals surface area (Å²) < 4.78 is 10.6. The molecule has 0 saturated carbocycles. The number of amides is 1. The summed E-state index contributed by atoms with van der Waals surface area (Å²) in [7, 11) is 1.63. The Morgan fingerprint density at radius 1 is 0.926 bits per heavy atom. The molecule has 0 fully saturated rings. The average molecular weight is 359 g/mol. The zero-order valence-electron chi connectivity index (χ0n) is 15.2. The van der Waals surface area contributed by atoms with Gasteiger partial charge in [-0.2, -0.15) is 0 Å². The molecular weight excluding hydrogens is 338 g/mol. The first-order valence-electron chi connectivity index (χ1n) is 8.99. The van der Waals surface area contributed by atoms with Crippen molar-refractivity contribution in [3.63, 3.8) is 0 Å². The number of hydrogen-bond acceptors (Lipinski definition) is 3. The van der Waals surface area contributed by atoms with Crippen molar-refractivity contribution in [1.29, 1.82) is 0 Å². The highest BCUT2D eigenvalue weighted by atomic mass is 16.5. The van der Waals surface area contributed by atoms with E-state index in [1.54, 1.807) is 19.2 Å². The van der Waals surface area contributed by atoms with Gasteiger partial charge in [0.15, 0.2) is 0 Å². The molecule has 1 N–H and O–H groups in total. The lowest BCUT2D eigenvalue weighted by Crippen LogP contribution is -2.12. The summed E-state index contributed by atoms with van der Waals surface area (Å²) in [5.41, 5.74) is 6.47. The molecule has 1 aliphatic carbocycles. The molecule has 0 aromatic heterocycles. The van der Waals surface area contributed by atoms with E-state index < -0.39 is 0 Å². The van der Waals surface area contributed by atoms with E-state index in [2.05, 4.69) is 41.7 Å². The van der Waals surface area contributed by atoms with Crippen LogP contribution in [0, 0.1) is 0 Å². The monoisotopic (exact) mass is 359 g/mol. The molecular formula is C23H21NO3. The van der Waals surface area contributed by atoms with Gasteiger partial charge < -0.3 is 14.8 Å². The number of carbonyl (C=O) groups is 1. The number of anilines is 1. The fourth-order valence-corrected chi connectivity index (χ4v) is 3.40. The highest BCUT2D eigenvalue weighted by molar-refractivity contribution is 6.04. The highest BCUT2D eigenvalue weighted by Gasteiger charge is 2.18. The van der Waals surface area contributed by atoms with Crippen LogP contribution in [0.5, 0.6) is 5.75 Å². The van der Waals surface area contributed by atoms with E-state index in [4.69, 9.17) is 9.47 Å². The second-order valence-electron chi connectivity index (χ2n) is 6.53. The minimum atomic E-state index is -0.150. The van der Waals surface area contributed by atoms with E-state index in [0.29, 0.717) is 24.5 Å². The largest absolute Gasteiger partial charge is 0.491 e. The Morgan fingerprint density at radius 2 is 1.78 bits per heavy atom. The van der Waals surface area contributed by atoms with Crippen LogP contribution in [0.15, 0.2) is 66.7 Å². The van der Waals surface area contributed by atoms with Crippen molar-refractivity contribution >= 4 is 11.6 Å². The first kappa shape index (κ1) is 17.3. The Morgan fingerprint density at radius 3 is 2.67 bits per heavy atom. The first-order valence-corrected chi connectivity index (χ1v) is 8.99. The van der Waals surface area contributed by atoms with Gasteiger partial charge in [0, 0.05) is 18.4 Å². The number of methoxy groups -OCH3 is 1. The molecule has 0 saturated heterocycles. The Balaban J connectivity index is 1.48. The molecule has 1 amide bonds. The van der Waals surface area contributed by atoms with Gasteiger partial charge in [0.2, 0.25) is 0 Å². The van der Waals surface area contributed by atoms with Crippen molar-refractivity contribution in [2.45, 2.75) is 6.42 Å². The topological polar surface area (TPSA) is 47.6 Å². The van der Waals surface area contributed by atoms with Crippen LogP contribution in [0.4, 0.5) is 5.69 Å². The molecule has 4 rings (SSSR count). The number of ether oxygens (including phenoxy) is 2. The maximum absolute atomic E-state index is 12.6. The number of nitrogens with one attached hydrogen (secondary N) is 1. The van der Waals surface area contributed by atoms with E-state index in [1.807, 2.05) is 18.2 Å². The van der Waals surface area contributed by atoms with Crippen molar-refractivity contribution in [1.82, 2.24) is 0 Å². The lowest BCUT2D eigenvalue weighted by atomic mass is 10.1. The lowest BCUT2D eigenvalue weighted by Gasteiger charge is -2.10. The van der Waals surface area contributed by atoms with E-state index in [1.165, 1.54) is 22.3 Å². The van der Waals surface area contributed by atoms with Gasteiger partial charge in [0.25, 0.3) is 5.91 Å². The Hall–Kier alpha value is -3.11. The maximum Gasteiger partial charge on any atom is 0.255 e. The highest BCUT2D eigenvalue weighted by Crippen LogP contribution is 2.37. The normalized spacial score (nSPS) is 11.6. The van der Waals surface area contributed by atoms with Gasteiger partial charge >= 0.3 is 0 Å². The Bertz CT molecular complexity index is 981. The fraction of sp³-hybridized carbons (Fsp3) is 0.174. The van der Waals surface area contributed by atoms with Crippen LogP contribution in [0.2, 0.25) is 0 Å². The summed E-state index contributed by atoms with van der Waals surface area (Å²) in [5, 5.41) is 2.99. The van der Waals surface area contributed by atoms with Gasteiger partial charge in [-0.05, 0) is 59.0 Å². The van der Waals surface area contributed by atoms with Crippen molar-refractivity contribution < 1.29 is 14.3 Å². The minimum Gasteiger partial charge on any atom is -0.491 e. The third-order valence-electron chi connectivity index (χ3n) is 4.70. The van der Waals surface area contributed by atoms with Crippen LogP contribution >= 0.6 is 0 Å². The van der Waals surface area contributed by atoms with Gasteiger partial charge in [-0.15, -0.1) is 0 Å². The Labute approximate surface area is 158 Å². The van der Waals surface area contributed by atoms with Crippen molar-refractivity contribution in [3.05, 3.63) is 83.4 Å². The number of fused-ring (bicyclic) bond motifs is 3. The predicted molar refractivity (Wildman–Crippen MR) is 106 cm³/mol. The van der Waals surface area contributed by atoms with Gasteiger partial charge in [-0.3, -0.25) is 4.79 Å². The molecule has 136 valence electrons. The number of rotatable bonds is 6. The van der Waals surface area contributed by atoms with Gasteiger partial charge in [0.05, 0.1) is 6.61 Å². The lowest BCUT2D eigenvalue weighted by molar-refractivity contribution is 0.102. The van der Waals surface area contributed by atoms with Crippen LogP contribution in [0.1, 0.15) is 21.5 Å². The molecule has 0 bridgehead atoms. The molecule has 27 heavy (non-hydrogen) atoms. The molecule has 1 aliphatic rings. The van der Waals surface area contributed by atoms with Crippen LogP contribution in [0.3, 0.4) is 0 Å². The van der Waals surface area contributed by atoms with Crippen LogP contribution in [-0.4, -0.2) is 26.2 Å². The van der Waals surface area contributed by atoms with E-state index in [0.717, 1.165) is 12.1 Å². The van der Waals surface area contributed by atoms with Crippen LogP contribution < -0.4 is 10.1 Å². The summed E-state index contributed by atoms with van der Waals surface area (Å²) in [6.45, 7) is 0.959. The van der Waals surface area contributed by atoms with Gasteiger partial charge in [-0.1, -0.05) is 36.4 Å². The second kappa shape index (κ2) is 7.64. The zero-order chi connectivity index (χ0) is 18.6. The first-order chi connectivity index (χ1) is 13.2. The summed E-state index contributed by atoms with van der Waals surface area (Å²) in [6, 6.07) is 21.7. The molecule has 3 aromatic carbocycles. The molecule has 0 spiro atoms. The third-order valence-corrected chi connectivity index (χ3v) is 4.70. The van der Waals surface area contributed by atoms with Crippen LogP contribution in [-0.2, 0) is 11.2 Å². The fourth-order valence-electron chi connectivity index (χ4n) is 3.40. The molecule has 0 unspecified atom stereocenters. The SMILES string of the molecule is COCCOc1cccc(C(=O)Nc2ccc3c(c2)Cc2ccccc2-3)c1. The molecule has 3 aromatic rings. The van der Waals surface area contributed by atoms with Crippen molar-refractivity contribution in [2.75, 3.05) is 25.6 Å². The number of hydrogen-bond donors (Lipinski definition) is 1. The standard InChI is InChI=1S/C23H21NO3/c1-26-11-12-27-20-7-4-6-17(15-20)23(25)24-19-9-10-22-18(14-19)13-16-5-2-3-8-21(16)22/h2-10,14-15H,11-13H2,1H3,(H,24,25). The van der Waals surface area contributed by atoms with Gasteiger partial charge in [0.1, 0.15) is 12.4 Å². The van der Waals surface area contributed by atoms with Crippen molar-refractivity contribution in [3.8, 4) is 16.9 Å². The van der Waals surface area contributed by atoms with E-state index in [9.17, 15) is 4.79 Å². The third kappa shape index (κ3) is 3.71. The summed E-state index contributed by atoms with van der Waals surface area (Å²) in [6.07, 6.45) is 0.901. The Kier molecular flexibility index (Phi) is 4.90. The minimum absolute atomic E-state index is 0.150. The molecule has 0 heterocycles. The predicted octanol–water partition coefficient (Wildman–Crippen LogP) is 4.54. The summed E-state index contributed by atoms with van der Waals surface area (Å²) in [4.78, 5) is 12.6. The number of benzene rings is 3. The number of carbonyl (C=O) groups excluding carboxylic acids is 1. The van der Waals surface area contributed by atoms with Crippen molar-refractivity contribution in [2.24, 2.45) is 0 Å². The average Bonchev–Trinajstić information content (AvgIpc) is 3.06. The van der Waals surface area contributed by atoms with Crippen LogP contribution in [0.25, 0.3) is 11.1 Å². The second-order valence-corrected chi connectivity index (χ2v) is 6.53. The smallest absolute Gasteiger partial charge is 0.255 e. The zero-order valence-corrected chi connectivity index (χ0v) is 15.2. The van der Waals surface area contributed by atoms with E-state index in [-0.39, 0.29) is 5.91 Å². The summed E-state index contributed by atoms with van der Waals surface area (Å²) in [5.74, 6) is 0.506. The van der Waals surface area contributed by atoms with E-state index >= 15 is 0 Å². The molecule has 4 heteroatoms. The maximum atomic E-state index is 12.6. The molecule has 4 nitrogen and oxygen atoms in total. The molecule has 0 radical (unpaired) electrons.